The fraction of sp³-hybridized carbons (Fsp3) is 0.333. The van der Waals surface area contributed by atoms with E-state index in [1.807, 2.05) is 97.1 Å². The number of carbonyl (C=O) groups excluding carboxylic acids is 3. The van der Waals surface area contributed by atoms with Crippen molar-refractivity contribution in [3.05, 3.63) is 218 Å². The van der Waals surface area contributed by atoms with E-state index in [1.165, 1.54) is 0 Å². The molecule has 4 aliphatic heterocycles. The molecular formula is C72H80N8O8Zn. The fourth-order valence-electron chi connectivity index (χ4n) is 10.8. The average Bonchev–Trinajstić information content (AvgIpc) is 2.07. The quantitative estimate of drug-likeness (QED) is 0.0140. The van der Waals surface area contributed by atoms with Crippen LogP contribution in [0.1, 0.15) is 162 Å². The number of carbonyl (C=O) groups is 3. The number of ether oxygens (including phenoxy) is 4. The van der Waals surface area contributed by atoms with Crippen LogP contribution < -0.4 is 43.5 Å². The van der Waals surface area contributed by atoms with E-state index in [9.17, 15) is 19.5 Å². The number of unbranched alkanes of at least 4 members (excludes halogenated alkanes) is 12. The largest absolute Gasteiger partial charge is 2.00 e. The van der Waals surface area contributed by atoms with Crippen LogP contribution in [0, 0.1) is 0 Å². The van der Waals surface area contributed by atoms with E-state index in [0.29, 0.717) is 142 Å². The van der Waals surface area contributed by atoms with Crippen molar-refractivity contribution in [3.63, 3.8) is 0 Å². The molecule has 8 bridgehead atoms. The van der Waals surface area contributed by atoms with Gasteiger partial charge in [-0.3, -0.25) is 0 Å². The molecule has 5 heterocycles. The summed E-state index contributed by atoms with van der Waals surface area (Å²) in [6.45, 7) is 3.79. The van der Waals surface area contributed by atoms with Gasteiger partial charge in [-0.15, -0.1) is 11.4 Å². The molecule has 8 N–H and O–H groups in total. The van der Waals surface area contributed by atoms with Crippen molar-refractivity contribution < 1.29 is 57.9 Å². The van der Waals surface area contributed by atoms with Crippen LogP contribution >= 0.6 is 0 Å². The minimum Gasteiger partial charge on any atom is -0.657 e. The maximum atomic E-state index is 13.4. The minimum absolute atomic E-state index is 0. The van der Waals surface area contributed by atoms with E-state index >= 15 is 0 Å². The zero-order valence-electron chi connectivity index (χ0n) is 50.9. The number of rotatable bonds is 31. The molecule has 4 aromatic carbocycles. The molecule has 0 unspecified atom stereocenters. The van der Waals surface area contributed by atoms with E-state index in [1.54, 1.807) is 48.5 Å². The molecule has 5 aromatic rings. The van der Waals surface area contributed by atoms with E-state index in [-0.39, 0.29) is 19.5 Å². The van der Waals surface area contributed by atoms with Crippen LogP contribution in [0.3, 0.4) is 0 Å². The number of nitrogens with two attached hydrogens (primary N) is 4. The van der Waals surface area contributed by atoms with Crippen LogP contribution in [0.15, 0.2) is 178 Å². The van der Waals surface area contributed by atoms with Crippen LogP contribution in [-0.4, -0.2) is 87.6 Å². The Bertz CT molecular complexity index is 3680. The molecule has 0 fully saturated rings. The van der Waals surface area contributed by atoms with Gasteiger partial charge < -0.3 is 52.0 Å². The maximum absolute atomic E-state index is 13.4. The number of allylic oxidation sites excluding steroid dienone is 8. The number of hydrogen-bond acceptors (Lipinski definition) is 15. The Kier molecular flexibility index (Phi) is 25.9. The fourth-order valence-corrected chi connectivity index (χ4v) is 10.8. The first kappa shape index (κ1) is 66.8. The predicted octanol–water partition coefficient (Wildman–Crippen LogP) is 9.46. The second-order valence-electron chi connectivity index (χ2n) is 22.0. The number of benzene rings is 4. The number of aliphatic imine (C=N–C) groups is 3. The predicted molar refractivity (Wildman–Crippen MR) is 347 cm³/mol. The summed E-state index contributed by atoms with van der Waals surface area (Å²) in [5.41, 5.74) is 33.8. The van der Waals surface area contributed by atoms with Crippen LogP contribution in [-0.2, 0) is 38.4 Å². The van der Waals surface area contributed by atoms with Gasteiger partial charge in [0.2, 0.25) is 0 Å². The van der Waals surface area contributed by atoms with Crippen LogP contribution in [0.5, 0.6) is 0 Å². The average molecular weight is 1250 g/mol. The van der Waals surface area contributed by atoms with Gasteiger partial charge in [0.25, 0.3) is 0 Å². The minimum atomic E-state index is -0.411. The summed E-state index contributed by atoms with van der Waals surface area (Å²) >= 11 is 0. The number of hydrogen-bond donors (Lipinski definition) is 4. The zero-order valence-corrected chi connectivity index (χ0v) is 53.9. The van der Waals surface area contributed by atoms with Crippen molar-refractivity contribution in [2.45, 2.75) is 103 Å². The Morgan fingerprint density at radius 2 is 0.674 bits per heavy atom. The third kappa shape index (κ3) is 18.0. The molecule has 0 amide bonds. The number of fused-ring (bicyclic) bond motifs is 5. The van der Waals surface area contributed by atoms with Crippen molar-refractivity contribution in [2.75, 3.05) is 52.6 Å². The molecule has 17 heteroatoms. The SMILES string of the molecule is NCCCCCCOC(=O)c1ccc(C2=C3C=CC(=N3)C(c3ccc(C(=O)OCCCCCCN)cc3)=C3C=CC(=N3)C(=c3ccc(=C([O-])OCCCCCCN)cc3)c3ccc([n-]3)C(c3ccc(C(=O)OCCCCCCN)cc3)=C3C=CC2=N3)cc1.[Zn+2]. The first-order valence-electron chi connectivity index (χ1n) is 31.1. The Labute approximate surface area is 534 Å². The summed E-state index contributed by atoms with van der Waals surface area (Å²) in [6.07, 6.45) is 26.1. The summed E-state index contributed by atoms with van der Waals surface area (Å²) in [7, 11) is 0. The van der Waals surface area contributed by atoms with Gasteiger partial charge in [-0.05, 0) is 195 Å². The third-order valence-corrected chi connectivity index (χ3v) is 15.6. The summed E-state index contributed by atoms with van der Waals surface area (Å²) in [5, 5.41) is 14.5. The zero-order chi connectivity index (χ0) is 61.5. The van der Waals surface area contributed by atoms with Gasteiger partial charge in [-0.1, -0.05) is 124 Å². The molecule has 1 aromatic heterocycles. The molecule has 0 saturated carbocycles. The van der Waals surface area contributed by atoms with Gasteiger partial charge in [-0.25, -0.2) is 29.4 Å². The molecule has 9 rings (SSSR count). The van der Waals surface area contributed by atoms with Crippen LogP contribution in [0.25, 0.3) is 28.2 Å². The standard InChI is InChI=1S/C72H82N8O8.Zn/c73-41-9-1-5-13-45-85-69(81)53-25-17-49(18-26-53)65-57-33-35-59(77-57)66(50-19-27-54(28-20-50)70(82)86-46-14-6-2-10-42-74)61-37-39-63(79-61)68(52-23-31-56(32-24-52)72(84)88-48-16-8-4-12-44-76)64-40-38-62(80-64)67(60-36-34-58(65)78-60)51-21-29-55(30-22-51)71(83)87-47-15-7-3-11-43-75;/h17-40H,1-16,41-48,73-76H2,(H2,77,78,79,80,81,82,83,84);/q;+2/p-2. The Morgan fingerprint density at radius 3 is 1.04 bits per heavy atom. The van der Waals surface area contributed by atoms with Crippen molar-refractivity contribution >= 4 is 63.3 Å². The molecule has 0 radical (unpaired) electrons. The maximum Gasteiger partial charge on any atom is 2.00 e. The number of esters is 3. The van der Waals surface area contributed by atoms with E-state index in [2.05, 4.69) is 0 Å². The molecule has 16 nitrogen and oxygen atoms in total. The van der Waals surface area contributed by atoms with Gasteiger partial charge in [0.05, 0.1) is 76.7 Å². The first-order valence-corrected chi connectivity index (χ1v) is 31.1. The second kappa shape index (κ2) is 34.5. The second-order valence-corrected chi connectivity index (χ2v) is 22.0. The van der Waals surface area contributed by atoms with Crippen molar-refractivity contribution in [3.8, 4) is 0 Å². The van der Waals surface area contributed by atoms with Crippen molar-refractivity contribution in [1.82, 2.24) is 4.98 Å². The van der Waals surface area contributed by atoms with E-state index in [0.717, 1.165) is 125 Å². The Morgan fingerprint density at radius 1 is 0.360 bits per heavy atom. The molecule has 0 spiro atoms. The number of aromatic nitrogens is 1. The van der Waals surface area contributed by atoms with Crippen LogP contribution in [0.4, 0.5) is 0 Å². The Balaban J connectivity index is 0.0000102. The molecule has 0 aliphatic carbocycles. The monoisotopic (exact) mass is 1250 g/mol. The Hall–Kier alpha value is -8.18. The van der Waals surface area contributed by atoms with Gasteiger partial charge in [0.15, 0.2) is 0 Å². The molecular weight excluding hydrogens is 1170 g/mol. The van der Waals surface area contributed by atoms with Gasteiger partial charge in [0.1, 0.15) is 0 Å². The van der Waals surface area contributed by atoms with E-state index in [4.69, 9.17) is 61.8 Å². The summed E-state index contributed by atoms with van der Waals surface area (Å²) < 4.78 is 22.7. The summed E-state index contributed by atoms with van der Waals surface area (Å²) in [4.78, 5) is 61.7. The molecule has 4 aliphatic rings. The summed E-state index contributed by atoms with van der Waals surface area (Å²) in [5.74, 6) is -1.65. The van der Waals surface area contributed by atoms with Crippen molar-refractivity contribution in [2.24, 2.45) is 37.9 Å². The molecule has 0 atom stereocenters. The van der Waals surface area contributed by atoms with Crippen LogP contribution in [0.2, 0.25) is 0 Å². The number of nitrogens with zero attached hydrogens (tertiary/aromatic N) is 4. The van der Waals surface area contributed by atoms with Gasteiger partial charge >= 0.3 is 37.4 Å². The topological polar surface area (TPSA) is 266 Å². The molecule has 458 valence electrons. The van der Waals surface area contributed by atoms with E-state index < -0.39 is 23.9 Å². The first-order chi connectivity index (χ1) is 43.2. The van der Waals surface area contributed by atoms with Gasteiger partial charge in [0, 0.05) is 11.1 Å². The molecule has 0 saturated heterocycles. The van der Waals surface area contributed by atoms with Gasteiger partial charge in [-0.2, -0.15) is 0 Å². The molecule has 89 heavy (non-hydrogen) atoms. The third-order valence-electron chi connectivity index (χ3n) is 15.6. The van der Waals surface area contributed by atoms with Crippen molar-refractivity contribution in [1.29, 1.82) is 0 Å². The smallest absolute Gasteiger partial charge is 0.657 e. The summed E-state index contributed by atoms with van der Waals surface area (Å²) in [6, 6.07) is 33.0. The normalized spacial score (nSPS) is 14.0.